The molecule has 2 nitrogen and oxygen atoms in total. The van der Waals surface area contributed by atoms with Crippen molar-refractivity contribution in [1.29, 1.82) is 0 Å². The van der Waals surface area contributed by atoms with E-state index in [9.17, 15) is 0 Å². The summed E-state index contributed by atoms with van der Waals surface area (Å²) in [6.45, 7) is 8.82. The van der Waals surface area contributed by atoms with Crippen molar-refractivity contribution in [3.63, 3.8) is 0 Å². The van der Waals surface area contributed by atoms with Gasteiger partial charge < -0.3 is 0 Å². The fourth-order valence-electron chi connectivity index (χ4n) is 1.44. The lowest BCUT2D eigenvalue weighted by atomic mass is 10.1. The van der Waals surface area contributed by atoms with Crippen molar-refractivity contribution < 1.29 is 4.57 Å². The van der Waals surface area contributed by atoms with Gasteiger partial charge in [0.1, 0.15) is 4.70 Å². The zero-order chi connectivity index (χ0) is 10.3. The van der Waals surface area contributed by atoms with Crippen LogP contribution in [0.25, 0.3) is 9.53 Å². The molecule has 0 spiro atoms. The van der Waals surface area contributed by atoms with Gasteiger partial charge in [-0.05, 0) is 19.8 Å². The highest BCUT2D eigenvalue weighted by atomic mass is 32.1. The Kier molecular flexibility index (Phi) is 2.58. The molecule has 76 valence electrons. The van der Waals surface area contributed by atoms with Crippen molar-refractivity contribution in [2.75, 3.05) is 0 Å². The van der Waals surface area contributed by atoms with Crippen LogP contribution in [-0.4, -0.2) is 4.37 Å². The van der Waals surface area contributed by atoms with Crippen molar-refractivity contribution in [2.24, 2.45) is 0 Å². The molecule has 0 unspecified atom stereocenters. The minimum Gasteiger partial charge on any atom is -0.190 e. The highest BCUT2D eigenvalue weighted by Gasteiger charge is 2.22. The monoisotopic (exact) mass is 227 g/mol. The van der Waals surface area contributed by atoms with Gasteiger partial charge >= 0.3 is 0 Å². The Morgan fingerprint density at radius 1 is 1.29 bits per heavy atom. The van der Waals surface area contributed by atoms with E-state index < -0.39 is 0 Å². The third-order valence-electron chi connectivity index (χ3n) is 2.28. The Morgan fingerprint density at radius 3 is 2.57 bits per heavy atom. The molecule has 4 heteroatoms. The molecule has 0 bridgehead atoms. The van der Waals surface area contributed by atoms with Gasteiger partial charge in [-0.3, -0.25) is 0 Å². The normalized spacial score (nSPS) is 12.1. The van der Waals surface area contributed by atoms with Crippen molar-refractivity contribution in [3.8, 4) is 0 Å². The maximum absolute atomic E-state index is 4.53. The molecule has 0 aromatic carbocycles. The van der Waals surface area contributed by atoms with Gasteiger partial charge in [-0.1, -0.05) is 25.2 Å². The highest BCUT2D eigenvalue weighted by molar-refractivity contribution is 7.23. The van der Waals surface area contributed by atoms with E-state index in [2.05, 4.69) is 42.1 Å². The lowest BCUT2D eigenvalue weighted by Crippen LogP contribution is -2.33. The number of fused-ring (bicyclic) bond motifs is 1. The van der Waals surface area contributed by atoms with Gasteiger partial charge in [0.2, 0.25) is 5.51 Å². The molecule has 0 atom stereocenters. The second-order valence-electron chi connectivity index (χ2n) is 4.08. The molecule has 2 rings (SSSR count). The van der Waals surface area contributed by atoms with E-state index in [0.29, 0.717) is 12.0 Å². The largest absolute Gasteiger partial charge is 0.299 e. The van der Waals surface area contributed by atoms with Crippen molar-refractivity contribution in [1.82, 2.24) is 4.37 Å². The molecule has 0 saturated heterocycles. The van der Waals surface area contributed by atoms with E-state index in [-0.39, 0.29) is 0 Å². The number of aromatic nitrogens is 2. The van der Waals surface area contributed by atoms with Crippen LogP contribution >= 0.6 is 22.9 Å². The summed E-state index contributed by atoms with van der Waals surface area (Å²) < 4.78 is 8.21. The Balaban J connectivity index is 2.61. The number of nitrogens with zero attached hydrogens (tertiary/aromatic N) is 2. The second kappa shape index (κ2) is 3.59. The molecule has 2 heterocycles. The summed E-state index contributed by atoms with van der Waals surface area (Å²) in [6.07, 6.45) is 0. The average molecular weight is 227 g/mol. The minimum absolute atomic E-state index is 0.531. The quantitative estimate of drug-likeness (QED) is 0.719. The Labute approximate surface area is 92.4 Å². The molecule has 14 heavy (non-hydrogen) atoms. The Bertz CT molecular complexity index is 398. The van der Waals surface area contributed by atoms with Gasteiger partial charge in [0.05, 0.1) is 5.69 Å². The Hall–Kier alpha value is -0.480. The molecular formula is C10H15N2S2+. The summed E-state index contributed by atoms with van der Waals surface area (Å²) in [5.41, 5.74) is 3.47. The van der Waals surface area contributed by atoms with E-state index in [4.69, 9.17) is 0 Å². The predicted molar refractivity (Wildman–Crippen MR) is 62.2 cm³/mol. The topological polar surface area (TPSA) is 16.8 Å². The van der Waals surface area contributed by atoms with Gasteiger partial charge in [0, 0.05) is 11.5 Å². The fraction of sp³-hybridized carbons (Fsp3) is 0.600. The highest BCUT2D eigenvalue weighted by Crippen LogP contribution is 2.30. The SMILES string of the molecule is CC(C)c1nsc2c1sc[n+]2C(C)C. The summed E-state index contributed by atoms with van der Waals surface area (Å²) in [5.74, 6) is 0.531. The summed E-state index contributed by atoms with van der Waals surface area (Å²) in [7, 11) is 0. The molecule has 0 saturated carbocycles. The van der Waals surface area contributed by atoms with Crippen LogP contribution in [0.3, 0.4) is 0 Å². The van der Waals surface area contributed by atoms with Gasteiger partial charge in [-0.25, -0.2) is 0 Å². The molecule has 2 aromatic rings. The van der Waals surface area contributed by atoms with E-state index in [1.807, 2.05) is 11.3 Å². The van der Waals surface area contributed by atoms with Crippen LogP contribution in [0.15, 0.2) is 5.51 Å². The summed E-state index contributed by atoms with van der Waals surface area (Å²) in [6, 6.07) is 0.532. The maximum Gasteiger partial charge on any atom is 0.299 e. The lowest BCUT2D eigenvalue weighted by molar-refractivity contribution is -0.685. The summed E-state index contributed by atoms with van der Waals surface area (Å²) in [4.78, 5) is 1.33. The fourth-order valence-corrected chi connectivity index (χ4v) is 4.03. The molecule has 0 radical (unpaired) electrons. The predicted octanol–water partition coefficient (Wildman–Crippen LogP) is 3.35. The first-order chi connectivity index (χ1) is 6.61. The first-order valence-electron chi connectivity index (χ1n) is 4.89. The molecule has 0 aliphatic heterocycles. The number of hydrogen-bond donors (Lipinski definition) is 0. The average Bonchev–Trinajstić information content (AvgIpc) is 2.59. The van der Waals surface area contributed by atoms with Crippen LogP contribution in [0, 0.1) is 0 Å². The van der Waals surface area contributed by atoms with E-state index in [1.165, 1.54) is 15.2 Å². The van der Waals surface area contributed by atoms with Crippen molar-refractivity contribution in [2.45, 2.75) is 39.7 Å². The van der Waals surface area contributed by atoms with Crippen LogP contribution in [0.5, 0.6) is 0 Å². The summed E-state index contributed by atoms with van der Waals surface area (Å²) >= 11 is 3.44. The Morgan fingerprint density at radius 2 is 2.00 bits per heavy atom. The first kappa shape index (κ1) is 10.1. The van der Waals surface area contributed by atoms with Crippen LogP contribution in [0.1, 0.15) is 45.3 Å². The molecule has 0 N–H and O–H groups in total. The first-order valence-corrected chi connectivity index (χ1v) is 6.54. The van der Waals surface area contributed by atoms with Crippen LogP contribution < -0.4 is 4.57 Å². The third-order valence-corrected chi connectivity index (χ3v) is 4.25. The standard InChI is InChI=1S/C10H15N2S2/c1-6(2)8-9-10(14-11-8)12(5-13-9)7(3)4/h5-7H,1-4H3/q+1. The van der Waals surface area contributed by atoms with E-state index in [1.54, 1.807) is 11.5 Å². The molecule has 0 aliphatic rings. The van der Waals surface area contributed by atoms with E-state index >= 15 is 0 Å². The van der Waals surface area contributed by atoms with Gasteiger partial charge in [0.15, 0.2) is 6.04 Å². The second-order valence-corrected chi connectivity index (χ2v) is 5.69. The lowest BCUT2D eigenvalue weighted by Gasteiger charge is -1.95. The molecular weight excluding hydrogens is 212 g/mol. The third kappa shape index (κ3) is 1.46. The minimum atomic E-state index is 0.531. The zero-order valence-electron chi connectivity index (χ0n) is 8.94. The smallest absolute Gasteiger partial charge is 0.190 e. The zero-order valence-corrected chi connectivity index (χ0v) is 10.6. The van der Waals surface area contributed by atoms with Crippen LogP contribution in [0.2, 0.25) is 0 Å². The summed E-state index contributed by atoms with van der Waals surface area (Å²) in [5, 5.41) is 0. The molecule has 0 amide bonds. The maximum atomic E-state index is 4.53. The van der Waals surface area contributed by atoms with Crippen LogP contribution in [-0.2, 0) is 0 Å². The number of thiazole rings is 1. The van der Waals surface area contributed by atoms with Gasteiger partial charge in [0.25, 0.3) is 4.83 Å². The molecule has 2 aromatic heterocycles. The van der Waals surface area contributed by atoms with E-state index in [0.717, 1.165) is 0 Å². The van der Waals surface area contributed by atoms with Gasteiger partial charge in [-0.15, -0.1) is 0 Å². The molecule has 0 fully saturated rings. The number of rotatable bonds is 2. The van der Waals surface area contributed by atoms with Crippen molar-refractivity contribution >= 4 is 32.4 Å². The van der Waals surface area contributed by atoms with Crippen LogP contribution in [0.4, 0.5) is 0 Å². The molecule has 0 aliphatic carbocycles. The van der Waals surface area contributed by atoms with Crippen molar-refractivity contribution in [3.05, 3.63) is 11.2 Å². The number of hydrogen-bond acceptors (Lipinski definition) is 3. The van der Waals surface area contributed by atoms with Gasteiger partial charge in [-0.2, -0.15) is 8.94 Å².